The van der Waals surface area contributed by atoms with E-state index in [1.54, 1.807) is 43.5 Å². The summed E-state index contributed by atoms with van der Waals surface area (Å²) in [6.07, 6.45) is 0. The summed E-state index contributed by atoms with van der Waals surface area (Å²) in [5.41, 5.74) is 1.53. The molecule has 0 atom stereocenters. The molecule has 0 saturated carbocycles. The molecule has 1 aromatic heterocycles. The first kappa shape index (κ1) is 18.2. The lowest BCUT2D eigenvalue weighted by Gasteiger charge is -2.06. The fourth-order valence-corrected chi connectivity index (χ4v) is 2.81. The Balaban J connectivity index is 1.90. The third-order valence-corrected chi connectivity index (χ3v) is 4.65. The number of rotatable bonds is 8. The lowest BCUT2D eigenvalue weighted by atomic mass is 10.1. The maximum absolute atomic E-state index is 12.0. The van der Waals surface area contributed by atoms with Gasteiger partial charge in [0, 0.05) is 13.7 Å². The lowest BCUT2D eigenvalue weighted by Crippen LogP contribution is -2.22. The minimum atomic E-state index is -3.29. The van der Waals surface area contributed by atoms with Crippen LogP contribution in [0.4, 0.5) is 0 Å². The van der Waals surface area contributed by atoms with Crippen molar-refractivity contribution in [2.75, 3.05) is 14.2 Å². The minimum absolute atomic E-state index is 0.0786. The van der Waals surface area contributed by atoms with Crippen LogP contribution in [-0.2, 0) is 33.7 Å². The molecule has 0 aliphatic rings. The SMILES string of the molecule is CNS(=O)(=O)Cc1ccc(CNC(=O)c2ccc(COC)o2)cc1. The number of sulfonamides is 1. The lowest BCUT2D eigenvalue weighted by molar-refractivity contribution is 0.0914. The first-order chi connectivity index (χ1) is 11.4. The van der Waals surface area contributed by atoms with E-state index in [9.17, 15) is 13.2 Å². The van der Waals surface area contributed by atoms with Crippen molar-refractivity contribution in [1.82, 2.24) is 10.0 Å². The quantitative estimate of drug-likeness (QED) is 0.748. The zero-order chi connectivity index (χ0) is 17.6. The largest absolute Gasteiger partial charge is 0.453 e. The zero-order valence-corrected chi connectivity index (χ0v) is 14.4. The summed E-state index contributed by atoms with van der Waals surface area (Å²) in [6, 6.07) is 10.3. The number of nitrogens with one attached hydrogen (secondary N) is 2. The third-order valence-electron chi connectivity index (χ3n) is 3.32. The third kappa shape index (κ3) is 5.19. The summed E-state index contributed by atoms with van der Waals surface area (Å²) in [5, 5.41) is 2.75. The first-order valence-electron chi connectivity index (χ1n) is 7.28. The molecule has 0 saturated heterocycles. The molecule has 0 bridgehead atoms. The summed E-state index contributed by atoms with van der Waals surface area (Å²) < 4.78 is 35.5. The second-order valence-electron chi connectivity index (χ2n) is 5.16. The van der Waals surface area contributed by atoms with Crippen LogP contribution < -0.4 is 10.0 Å². The molecule has 2 aromatic rings. The molecule has 1 amide bonds. The predicted molar refractivity (Wildman–Crippen MR) is 88.7 cm³/mol. The molecular weight excluding hydrogens is 332 g/mol. The average Bonchev–Trinajstić information content (AvgIpc) is 3.03. The van der Waals surface area contributed by atoms with Crippen LogP contribution in [0.1, 0.15) is 27.4 Å². The molecule has 7 nitrogen and oxygen atoms in total. The van der Waals surface area contributed by atoms with Crippen molar-refractivity contribution in [1.29, 1.82) is 0 Å². The number of carbonyl (C=O) groups excluding carboxylic acids is 1. The van der Waals surface area contributed by atoms with Gasteiger partial charge in [0.25, 0.3) is 5.91 Å². The van der Waals surface area contributed by atoms with Crippen LogP contribution in [0.2, 0.25) is 0 Å². The highest BCUT2D eigenvalue weighted by Gasteiger charge is 2.11. The van der Waals surface area contributed by atoms with E-state index in [0.717, 1.165) is 5.56 Å². The number of methoxy groups -OCH3 is 1. The van der Waals surface area contributed by atoms with Crippen LogP contribution in [0.15, 0.2) is 40.8 Å². The molecule has 1 heterocycles. The minimum Gasteiger partial charge on any atom is -0.453 e. The zero-order valence-electron chi connectivity index (χ0n) is 13.5. The van der Waals surface area contributed by atoms with Crippen LogP contribution in [-0.4, -0.2) is 28.5 Å². The molecule has 0 aliphatic carbocycles. The number of hydrogen-bond acceptors (Lipinski definition) is 5. The van der Waals surface area contributed by atoms with E-state index < -0.39 is 10.0 Å². The summed E-state index contributed by atoms with van der Waals surface area (Å²) in [6.45, 7) is 0.627. The Morgan fingerprint density at radius 1 is 1.12 bits per heavy atom. The molecule has 0 aliphatic heterocycles. The summed E-state index contributed by atoms with van der Waals surface area (Å²) in [7, 11) is -0.362. The molecule has 0 unspecified atom stereocenters. The highest BCUT2D eigenvalue weighted by Crippen LogP contribution is 2.10. The van der Waals surface area contributed by atoms with Crippen molar-refractivity contribution in [3.63, 3.8) is 0 Å². The van der Waals surface area contributed by atoms with Gasteiger partial charge in [0.1, 0.15) is 12.4 Å². The van der Waals surface area contributed by atoms with Gasteiger partial charge >= 0.3 is 0 Å². The molecule has 8 heteroatoms. The van der Waals surface area contributed by atoms with Crippen molar-refractivity contribution < 1.29 is 22.4 Å². The Hall–Kier alpha value is -2.16. The molecule has 0 radical (unpaired) electrons. The van der Waals surface area contributed by atoms with Gasteiger partial charge in [-0.3, -0.25) is 4.79 Å². The van der Waals surface area contributed by atoms with E-state index in [2.05, 4.69) is 10.0 Å². The fraction of sp³-hybridized carbons (Fsp3) is 0.312. The van der Waals surface area contributed by atoms with E-state index in [-0.39, 0.29) is 17.4 Å². The van der Waals surface area contributed by atoms with E-state index in [1.165, 1.54) is 7.05 Å². The Labute approximate surface area is 141 Å². The Kier molecular flexibility index (Phi) is 6.13. The Morgan fingerprint density at radius 3 is 2.42 bits per heavy atom. The molecule has 2 N–H and O–H groups in total. The number of ether oxygens (including phenoxy) is 1. The standard InChI is InChI=1S/C16H20N2O5S/c1-17-24(20,21)11-13-5-3-12(4-6-13)9-18-16(19)15-8-7-14(23-15)10-22-2/h3-8,17H,9-11H2,1-2H3,(H,18,19). The molecular formula is C16H20N2O5S. The van der Waals surface area contributed by atoms with Crippen molar-refractivity contribution in [2.45, 2.75) is 18.9 Å². The van der Waals surface area contributed by atoms with Crippen LogP contribution in [0, 0.1) is 0 Å². The topological polar surface area (TPSA) is 97.6 Å². The number of hydrogen-bond donors (Lipinski definition) is 2. The summed E-state index contributed by atoms with van der Waals surface area (Å²) in [5.74, 6) is 0.404. The predicted octanol–water partition coefficient (Wildman–Crippen LogP) is 1.41. The van der Waals surface area contributed by atoms with Gasteiger partial charge in [0.05, 0.1) is 5.75 Å². The second kappa shape index (κ2) is 8.09. The van der Waals surface area contributed by atoms with Crippen LogP contribution in [0.5, 0.6) is 0 Å². The van der Waals surface area contributed by atoms with Gasteiger partial charge < -0.3 is 14.5 Å². The van der Waals surface area contributed by atoms with E-state index in [1.807, 2.05) is 0 Å². The first-order valence-corrected chi connectivity index (χ1v) is 8.93. The second-order valence-corrected chi connectivity index (χ2v) is 7.09. The maximum atomic E-state index is 12.0. The average molecular weight is 352 g/mol. The van der Waals surface area contributed by atoms with Gasteiger partial charge in [-0.1, -0.05) is 24.3 Å². The van der Waals surface area contributed by atoms with E-state index >= 15 is 0 Å². The van der Waals surface area contributed by atoms with Gasteiger partial charge in [-0.25, -0.2) is 13.1 Å². The van der Waals surface area contributed by atoms with Crippen LogP contribution in [0.3, 0.4) is 0 Å². The van der Waals surface area contributed by atoms with E-state index in [0.29, 0.717) is 24.5 Å². The number of furan rings is 1. The molecule has 0 fully saturated rings. The van der Waals surface area contributed by atoms with Gasteiger partial charge in [0.15, 0.2) is 5.76 Å². The van der Waals surface area contributed by atoms with Crippen molar-refractivity contribution in [3.8, 4) is 0 Å². The number of carbonyl (C=O) groups is 1. The van der Waals surface area contributed by atoms with E-state index in [4.69, 9.17) is 9.15 Å². The van der Waals surface area contributed by atoms with Crippen LogP contribution in [0.25, 0.3) is 0 Å². The maximum Gasteiger partial charge on any atom is 0.287 e. The van der Waals surface area contributed by atoms with Crippen molar-refractivity contribution >= 4 is 15.9 Å². The van der Waals surface area contributed by atoms with Gasteiger partial charge in [0.2, 0.25) is 10.0 Å². The Bertz CT molecular complexity index is 781. The monoisotopic (exact) mass is 352 g/mol. The fourth-order valence-electron chi connectivity index (χ4n) is 2.03. The molecule has 1 aromatic carbocycles. The molecule has 2 rings (SSSR count). The van der Waals surface area contributed by atoms with Crippen molar-refractivity contribution in [2.24, 2.45) is 0 Å². The summed E-state index contributed by atoms with van der Waals surface area (Å²) >= 11 is 0. The normalized spacial score (nSPS) is 11.4. The van der Waals surface area contributed by atoms with Gasteiger partial charge in [-0.05, 0) is 30.3 Å². The Morgan fingerprint density at radius 2 is 1.79 bits per heavy atom. The highest BCUT2D eigenvalue weighted by molar-refractivity contribution is 7.88. The number of amides is 1. The van der Waals surface area contributed by atoms with Gasteiger partial charge in [-0.15, -0.1) is 0 Å². The molecule has 24 heavy (non-hydrogen) atoms. The highest BCUT2D eigenvalue weighted by atomic mass is 32.2. The van der Waals surface area contributed by atoms with Crippen molar-refractivity contribution in [3.05, 3.63) is 59.0 Å². The smallest absolute Gasteiger partial charge is 0.287 e. The molecule has 130 valence electrons. The van der Waals surface area contributed by atoms with Gasteiger partial charge in [-0.2, -0.15) is 0 Å². The van der Waals surface area contributed by atoms with Crippen LogP contribution >= 0.6 is 0 Å². The number of benzene rings is 1. The molecule has 0 spiro atoms. The summed E-state index contributed by atoms with van der Waals surface area (Å²) in [4.78, 5) is 12.0.